The van der Waals surface area contributed by atoms with Crippen LogP contribution >= 0.6 is 0 Å². The third-order valence-electron chi connectivity index (χ3n) is 2.49. The summed E-state index contributed by atoms with van der Waals surface area (Å²) in [6.45, 7) is 2.25. The van der Waals surface area contributed by atoms with Gasteiger partial charge in [0.1, 0.15) is 6.61 Å². The first kappa shape index (κ1) is 13.1. The lowest BCUT2D eigenvalue weighted by atomic mass is 10.3. The highest BCUT2D eigenvalue weighted by Gasteiger charge is 2.30. The molecule has 1 aliphatic rings. The van der Waals surface area contributed by atoms with Gasteiger partial charge in [-0.3, -0.25) is 0 Å². The molecule has 4 nitrogen and oxygen atoms in total. The molecule has 0 unspecified atom stereocenters. The predicted molar refractivity (Wildman–Crippen MR) is 57.3 cm³/mol. The van der Waals surface area contributed by atoms with Crippen LogP contribution in [0.2, 0.25) is 0 Å². The van der Waals surface area contributed by atoms with Crippen LogP contribution in [0, 0.1) is 0 Å². The van der Waals surface area contributed by atoms with Gasteiger partial charge in [-0.1, -0.05) is 0 Å². The summed E-state index contributed by atoms with van der Waals surface area (Å²) in [7, 11) is 0. The number of ether oxygens (including phenoxy) is 2. The number of aromatic nitrogens is 1. The maximum absolute atomic E-state index is 12.3. The van der Waals surface area contributed by atoms with Gasteiger partial charge in [0.05, 0.1) is 24.8 Å². The van der Waals surface area contributed by atoms with Gasteiger partial charge < -0.3 is 14.8 Å². The Balaban J connectivity index is 1.86. The van der Waals surface area contributed by atoms with Crippen LogP contribution in [0.15, 0.2) is 18.3 Å². The monoisotopic (exact) mass is 262 g/mol. The van der Waals surface area contributed by atoms with Crippen molar-refractivity contribution in [1.82, 2.24) is 10.3 Å². The zero-order valence-electron chi connectivity index (χ0n) is 9.54. The van der Waals surface area contributed by atoms with E-state index in [0.29, 0.717) is 19.8 Å². The highest BCUT2D eigenvalue weighted by Crippen LogP contribution is 2.29. The van der Waals surface area contributed by atoms with Gasteiger partial charge in [0.2, 0.25) is 5.88 Å². The summed E-state index contributed by atoms with van der Waals surface area (Å²) < 4.78 is 47.4. The minimum Gasteiger partial charge on any atom is -0.476 e. The minimum atomic E-state index is -4.37. The Labute approximate surface area is 102 Å². The van der Waals surface area contributed by atoms with Crippen LogP contribution in [0.3, 0.4) is 0 Å². The maximum Gasteiger partial charge on any atom is 0.417 e. The summed E-state index contributed by atoms with van der Waals surface area (Å²) >= 11 is 0. The fourth-order valence-corrected chi connectivity index (χ4v) is 1.55. The van der Waals surface area contributed by atoms with Crippen LogP contribution in [-0.2, 0) is 10.9 Å². The van der Waals surface area contributed by atoms with Crippen LogP contribution < -0.4 is 10.1 Å². The number of halogens is 3. The molecule has 1 saturated heterocycles. The number of hydrogen-bond donors (Lipinski definition) is 1. The summed E-state index contributed by atoms with van der Waals surface area (Å²) in [5.74, 6) is 0.176. The molecule has 0 bridgehead atoms. The number of alkyl halides is 3. The lowest BCUT2D eigenvalue weighted by Gasteiger charge is -2.23. The number of nitrogens with one attached hydrogen (secondary N) is 1. The normalized spacial score (nSPS) is 20.7. The molecule has 0 amide bonds. The lowest BCUT2D eigenvalue weighted by molar-refractivity contribution is -0.137. The second-order valence-electron chi connectivity index (χ2n) is 3.92. The molecule has 1 atom stereocenters. The topological polar surface area (TPSA) is 43.4 Å². The van der Waals surface area contributed by atoms with E-state index in [-0.39, 0.29) is 11.9 Å². The first-order chi connectivity index (χ1) is 8.55. The van der Waals surface area contributed by atoms with Gasteiger partial charge in [-0.05, 0) is 6.07 Å². The minimum absolute atomic E-state index is 0.0443. The Kier molecular flexibility index (Phi) is 4.03. The summed E-state index contributed by atoms with van der Waals surface area (Å²) in [6.07, 6.45) is -3.61. The van der Waals surface area contributed by atoms with Gasteiger partial charge in [-0.15, -0.1) is 0 Å². The molecular weight excluding hydrogens is 249 g/mol. The number of morpholine rings is 1. The number of pyridine rings is 1. The largest absolute Gasteiger partial charge is 0.476 e. The molecule has 0 saturated carbocycles. The zero-order valence-corrected chi connectivity index (χ0v) is 9.54. The van der Waals surface area contributed by atoms with Gasteiger partial charge in [0.15, 0.2) is 0 Å². The van der Waals surface area contributed by atoms with E-state index < -0.39 is 11.7 Å². The SMILES string of the molecule is FC(F)(F)c1ccc(OC[C@@H]2COCCN2)nc1. The summed E-state index contributed by atoms with van der Waals surface area (Å²) in [6, 6.07) is 2.21. The summed E-state index contributed by atoms with van der Waals surface area (Å²) in [5.41, 5.74) is -0.783. The predicted octanol–water partition coefficient (Wildman–Crippen LogP) is 1.47. The average Bonchev–Trinajstić information content (AvgIpc) is 2.37. The van der Waals surface area contributed by atoms with Crippen LogP contribution in [0.5, 0.6) is 5.88 Å². The van der Waals surface area contributed by atoms with Gasteiger partial charge in [-0.25, -0.2) is 4.98 Å². The average molecular weight is 262 g/mol. The Morgan fingerprint density at radius 1 is 1.44 bits per heavy atom. The van der Waals surface area contributed by atoms with Crippen molar-refractivity contribution >= 4 is 0 Å². The molecule has 18 heavy (non-hydrogen) atoms. The number of nitrogens with zero attached hydrogens (tertiary/aromatic N) is 1. The molecule has 0 radical (unpaired) electrons. The van der Waals surface area contributed by atoms with Crippen molar-refractivity contribution < 1.29 is 22.6 Å². The molecule has 100 valence electrons. The van der Waals surface area contributed by atoms with E-state index in [1.165, 1.54) is 6.07 Å². The Morgan fingerprint density at radius 2 is 2.28 bits per heavy atom. The fraction of sp³-hybridized carbons (Fsp3) is 0.545. The van der Waals surface area contributed by atoms with Gasteiger partial charge in [-0.2, -0.15) is 13.2 Å². The molecule has 2 heterocycles. The first-order valence-electron chi connectivity index (χ1n) is 5.53. The Hall–Kier alpha value is -1.34. The van der Waals surface area contributed by atoms with E-state index >= 15 is 0 Å². The van der Waals surface area contributed by atoms with Crippen LogP contribution in [-0.4, -0.2) is 37.4 Å². The van der Waals surface area contributed by atoms with Crippen molar-refractivity contribution in [2.75, 3.05) is 26.4 Å². The molecule has 2 rings (SSSR count). The number of hydrogen-bond acceptors (Lipinski definition) is 4. The van der Waals surface area contributed by atoms with Gasteiger partial charge in [0.25, 0.3) is 0 Å². The molecule has 1 aliphatic heterocycles. The van der Waals surface area contributed by atoms with Crippen LogP contribution in [0.1, 0.15) is 5.56 Å². The summed E-state index contributed by atoms with van der Waals surface area (Å²) in [4.78, 5) is 3.62. The van der Waals surface area contributed by atoms with Crippen molar-refractivity contribution in [3.05, 3.63) is 23.9 Å². The molecule has 1 aromatic rings. The zero-order chi connectivity index (χ0) is 13.0. The quantitative estimate of drug-likeness (QED) is 0.895. The molecule has 1 aromatic heterocycles. The second kappa shape index (κ2) is 5.53. The molecule has 1 N–H and O–H groups in total. The van der Waals surface area contributed by atoms with Crippen LogP contribution in [0.4, 0.5) is 13.2 Å². The van der Waals surface area contributed by atoms with E-state index in [2.05, 4.69) is 10.3 Å². The van der Waals surface area contributed by atoms with Crippen molar-refractivity contribution in [1.29, 1.82) is 0 Å². The van der Waals surface area contributed by atoms with Crippen LogP contribution in [0.25, 0.3) is 0 Å². The van der Waals surface area contributed by atoms with Gasteiger partial charge in [0, 0.05) is 18.8 Å². The second-order valence-corrected chi connectivity index (χ2v) is 3.92. The smallest absolute Gasteiger partial charge is 0.417 e. The van der Waals surface area contributed by atoms with Crippen molar-refractivity contribution in [3.63, 3.8) is 0 Å². The van der Waals surface area contributed by atoms with E-state index in [1.807, 2.05) is 0 Å². The molecular formula is C11H13F3N2O2. The van der Waals surface area contributed by atoms with E-state index in [4.69, 9.17) is 9.47 Å². The number of rotatable bonds is 3. The third kappa shape index (κ3) is 3.58. The van der Waals surface area contributed by atoms with Crippen molar-refractivity contribution in [2.45, 2.75) is 12.2 Å². The molecule has 1 fully saturated rings. The maximum atomic E-state index is 12.3. The Bertz CT molecular complexity index is 375. The standard InChI is InChI=1S/C11H13F3N2O2/c12-11(13,14)8-1-2-10(16-5-8)18-7-9-6-17-4-3-15-9/h1-2,5,9,15H,3-4,6-7H2/t9-/m0/s1. The molecule has 0 aliphatic carbocycles. The van der Waals surface area contributed by atoms with E-state index in [9.17, 15) is 13.2 Å². The Morgan fingerprint density at radius 3 is 2.83 bits per heavy atom. The van der Waals surface area contributed by atoms with E-state index in [0.717, 1.165) is 18.8 Å². The highest BCUT2D eigenvalue weighted by atomic mass is 19.4. The lowest BCUT2D eigenvalue weighted by Crippen LogP contribution is -2.44. The first-order valence-corrected chi connectivity index (χ1v) is 5.53. The van der Waals surface area contributed by atoms with Crippen molar-refractivity contribution in [3.8, 4) is 5.88 Å². The molecule has 0 aromatic carbocycles. The van der Waals surface area contributed by atoms with E-state index in [1.54, 1.807) is 0 Å². The molecule has 0 spiro atoms. The van der Waals surface area contributed by atoms with Gasteiger partial charge >= 0.3 is 6.18 Å². The summed E-state index contributed by atoms with van der Waals surface area (Å²) in [5, 5.41) is 3.17. The molecule has 7 heteroatoms. The third-order valence-corrected chi connectivity index (χ3v) is 2.49. The fourth-order valence-electron chi connectivity index (χ4n) is 1.55. The van der Waals surface area contributed by atoms with Crippen molar-refractivity contribution in [2.24, 2.45) is 0 Å². The highest BCUT2D eigenvalue weighted by molar-refractivity contribution is 5.20.